The van der Waals surface area contributed by atoms with Crippen molar-refractivity contribution in [3.63, 3.8) is 0 Å². The van der Waals surface area contributed by atoms with Gasteiger partial charge in [-0.2, -0.15) is 0 Å². The van der Waals surface area contributed by atoms with Crippen LogP contribution in [0.5, 0.6) is 0 Å². The predicted molar refractivity (Wildman–Crippen MR) is 79.4 cm³/mol. The lowest BCUT2D eigenvalue weighted by Gasteiger charge is -2.38. The maximum Gasteiger partial charge on any atom is 0.358 e. The van der Waals surface area contributed by atoms with E-state index in [1.165, 1.54) is 0 Å². The number of hydrogen-bond donors (Lipinski definition) is 0. The topological polar surface area (TPSA) is 18.5 Å². The molecule has 0 aromatic carbocycles. The van der Waals surface area contributed by atoms with Crippen LogP contribution in [0.4, 0.5) is 0 Å². The van der Waals surface area contributed by atoms with Gasteiger partial charge in [-0.1, -0.05) is 24.3 Å². The van der Waals surface area contributed by atoms with E-state index in [1.54, 1.807) is 0 Å². The van der Waals surface area contributed by atoms with Gasteiger partial charge >= 0.3 is 9.28 Å². The average Bonchev–Trinajstić information content (AvgIpc) is 2.31. The summed E-state index contributed by atoms with van der Waals surface area (Å²) in [5.41, 5.74) is 0.260. The summed E-state index contributed by atoms with van der Waals surface area (Å²) in [5, 5.41) is 0. The molecule has 0 saturated heterocycles. The van der Waals surface area contributed by atoms with Gasteiger partial charge in [0.1, 0.15) is 0 Å². The first-order chi connectivity index (χ1) is 7.99. The van der Waals surface area contributed by atoms with Crippen molar-refractivity contribution in [2.45, 2.75) is 24.2 Å². The van der Waals surface area contributed by atoms with Crippen LogP contribution in [0.3, 0.4) is 0 Å². The molecule has 0 saturated carbocycles. The lowest BCUT2D eigenvalue weighted by atomic mass is 10.4. The predicted octanol–water partition coefficient (Wildman–Crippen LogP) is 3.28. The van der Waals surface area contributed by atoms with Crippen LogP contribution in [0, 0.1) is 0 Å². The van der Waals surface area contributed by atoms with Gasteiger partial charge in [0.05, 0.1) is 0 Å². The number of allylic oxidation sites excluding steroid dienone is 4. The molecule has 0 aromatic rings. The summed E-state index contributed by atoms with van der Waals surface area (Å²) in [6.45, 7) is 19.5. The highest BCUT2D eigenvalue weighted by Gasteiger charge is 2.42. The Balaban J connectivity index is 5.30. The van der Waals surface area contributed by atoms with E-state index in [4.69, 9.17) is 8.23 Å². The molecule has 0 unspecified atom stereocenters. The molecule has 0 rings (SSSR count). The van der Waals surface area contributed by atoms with Gasteiger partial charge in [0.15, 0.2) is 8.32 Å². The third-order valence-corrected chi connectivity index (χ3v) is 10.5. The first-order valence-corrected chi connectivity index (χ1v) is 10.1. The molecular formula is C12H20O2Si3. The zero-order chi connectivity index (χ0) is 13.5. The SMILES string of the molecule is C=CC(C=C)[Si](C)(O[Si](C)O[Si])C(C=C)C=C. The molecule has 0 bridgehead atoms. The second-order valence-corrected chi connectivity index (χ2v) is 10.2. The molecule has 0 N–H and O–H groups in total. The van der Waals surface area contributed by atoms with Crippen molar-refractivity contribution in [3.05, 3.63) is 50.6 Å². The highest BCUT2D eigenvalue weighted by atomic mass is 28.4. The average molecular weight is 281 g/mol. The normalized spacial score (nSPS) is 11.9. The Bertz CT molecular complexity index is 255. The molecular weight excluding hydrogens is 260 g/mol. The first kappa shape index (κ1) is 16.5. The molecule has 0 spiro atoms. The van der Waals surface area contributed by atoms with Gasteiger partial charge in [-0.15, -0.1) is 26.3 Å². The van der Waals surface area contributed by atoms with Gasteiger partial charge in [0.25, 0.3) is 0 Å². The molecule has 0 aromatic heterocycles. The quantitative estimate of drug-likeness (QED) is 0.477. The van der Waals surface area contributed by atoms with E-state index in [1.807, 2.05) is 30.9 Å². The van der Waals surface area contributed by atoms with Gasteiger partial charge in [-0.3, -0.25) is 0 Å². The van der Waals surface area contributed by atoms with E-state index >= 15 is 0 Å². The summed E-state index contributed by atoms with van der Waals surface area (Å²) < 4.78 is 11.3. The summed E-state index contributed by atoms with van der Waals surface area (Å²) in [7, 11) is -0.464. The van der Waals surface area contributed by atoms with Crippen molar-refractivity contribution in [2.75, 3.05) is 0 Å². The smallest absolute Gasteiger partial charge is 0.358 e. The minimum absolute atomic E-state index is 0.130. The van der Waals surface area contributed by atoms with Crippen LogP contribution < -0.4 is 0 Å². The van der Waals surface area contributed by atoms with Gasteiger partial charge in [0.2, 0.25) is 10.5 Å². The summed E-state index contributed by atoms with van der Waals surface area (Å²) in [6.07, 6.45) is 7.51. The van der Waals surface area contributed by atoms with Crippen LogP contribution in [-0.4, -0.2) is 28.1 Å². The molecule has 0 fully saturated rings. The third-order valence-electron chi connectivity index (χ3n) is 2.85. The molecule has 0 aliphatic carbocycles. The van der Waals surface area contributed by atoms with Crippen LogP contribution in [0.2, 0.25) is 24.2 Å². The van der Waals surface area contributed by atoms with Crippen LogP contribution in [0.25, 0.3) is 0 Å². The van der Waals surface area contributed by atoms with E-state index in [9.17, 15) is 0 Å². The Morgan fingerprint density at radius 3 is 1.65 bits per heavy atom. The molecule has 0 aliphatic heterocycles. The second-order valence-electron chi connectivity index (χ2n) is 3.87. The monoisotopic (exact) mass is 280 g/mol. The van der Waals surface area contributed by atoms with E-state index in [0.29, 0.717) is 0 Å². The Kier molecular flexibility index (Phi) is 7.56. The molecule has 0 amide bonds. The maximum absolute atomic E-state index is 6.16. The third kappa shape index (κ3) is 4.04. The molecule has 0 aliphatic rings. The first-order valence-electron chi connectivity index (χ1n) is 5.36. The van der Waals surface area contributed by atoms with Crippen LogP contribution >= 0.6 is 0 Å². The molecule has 0 heterocycles. The molecule has 2 nitrogen and oxygen atoms in total. The van der Waals surface area contributed by atoms with Crippen LogP contribution in [0.1, 0.15) is 0 Å². The lowest BCUT2D eigenvalue weighted by Crippen LogP contribution is -2.47. The van der Waals surface area contributed by atoms with Gasteiger partial charge in [0, 0.05) is 11.1 Å². The van der Waals surface area contributed by atoms with Crippen molar-refractivity contribution in [2.24, 2.45) is 0 Å². The van der Waals surface area contributed by atoms with E-state index in [2.05, 4.69) is 43.3 Å². The Labute approximate surface area is 111 Å². The molecule has 92 valence electrons. The van der Waals surface area contributed by atoms with Gasteiger partial charge in [-0.25, -0.2) is 0 Å². The van der Waals surface area contributed by atoms with E-state index in [0.717, 1.165) is 0 Å². The fourth-order valence-corrected chi connectivity index (χ4v) is 8.24. The van der Waals surface area contributed by atoms with Crippen molar-refractivity contribution < 1.29 is 8.23 Å². The Morgan fingerprint density at radius 1 is 1.06 bits per heavy atom. The van der Waals surface area contributed by atoms with Crippen LogP contribution in [-0.2, 0) is 8.23 Å². The molecule has 0 atom stereocenters. The summed E-state index contributed by atoms with van der Waals surface area (Å²) in [6, 6.07) is 0. The Hall–Kier alpha value is -0.469. The Morgan fingerprint density at radius 2 is 1.41 bits per heavy atom. The fraction of sp³-hybridized carbons (Fsp3) is 0.333. The number of rotatable bonds is 9. The second kappa shape index (κ2) is 7.78. The van der Waals surface area contributed by atoms with Crippen molar-refractivity contribution >= 4 is 28.1 Å². The van der Waals surface area contributed by atoms with E-state index in [-0.39, 0.29) is 11.1 Å². The van der Waals surface area contributed by atoms with E-state index < -0.39 is 17.6 Å². The van der Waals surface area contributed by atoms with Gasteiger partial charge in [-0.05, 0) is 13.1 Å². The molecule has 17 heavy (non-hydrogen) atoms. The summed E-state index contributed by atoms with van der Waals surface area (Å²) in [4.78, 5) is 0. The minimum atomic E-state index is -2.18. The molecule has 4 radical (unpaired) electrons. The van der Waals surface area contributed by atoms with Crippen molar-refractivity contribution in [1.29, 1.82) is 0 Å². The standard InChI is InChI=1S/C12H20O2Si3/c1-7-11(8-2)17(6,12(9-3)10-4)14-16(5)13-15/h7-12H,1-4H2,5-6H3. The lowest BCUT2D eigenvalue weighted by molar-refractivity contribution is 0.438. The fourth-order valence-electron chi connectivity index (χ4n) is 1.82. The van der Waals surface area contributed by atoms with Crippen LogP contribution in [0.15, 0.2) is 50.6 Å². The maximum atomic E-state index is 6.16. The number of hydrogen-bond acceptors (Lipinski definition) is 2. The van der Waals surface area contributed by atoms with Gasteiger partial charge < -0.3 is 8.23 Å². The summed E-state index contributed by atoms with van der Waals surface area (Å²) in [5.74, 6) is 0. The zero-order valence-electron chi connectivity index (χ0n) is 10.6. The highest BCUT2D eigenvalue weighted by molar-refractivity contribution is 6.82. The highest BCUT2D eigenvalue weighted by Crippen LogP contribution is 2.37. The van der Waals surface area contributed by atoms with Crippen molar-refractivity contribution in [1.82, 2.24) is 0 Å². The zero-order valence-corrected chi connectivity index (χ0v) is 13.6. The largest absolute Gasteiger partial charge is 0.436 e. The summed E-state index contributed by atoms with van der Waals surface area (Å²) >= 11 is 0. The van der Waals surface area contributed by atoms with Crippen molar-refractivity contribution in [3.8, 4) is 0 Å². The minimum Gasteiger partial charge on any atom is -0.436 e. The molecule has 5 heteroatoms.